The Morgan fingerprint density at radius 1 is 0.392 bits per heavy atom. The van der Waals surface area contributed by atoms with Crippen LogP contribution in [0.3, 0.4) is 0 Å². The molecular weight excluding hydrogens is 617 g/mol. The molecule has 0 fully saturated rings. The van der Waals surface area contributed by atoms with E-state index in [4.69, 9.17) is 9.97 Å². The molecule has 51 heavy (non-hydrogen) atoms. The molecule has 0 spiro atoms. The molecule has 0 bridgehead atoms. The highest BCUT2D eigenvalue weighted by atomic mass is 14.9. The molecule has 2 heteroatoms. The minimum Gasteiger partial charge on any atom is -0.228 e. The summed E-state index contributed by atoms with van der Waals surface area (Å²) in [4.78, 5) is 10.7. The van der Waals surface area contributed by atoms with Crippen molar-refractivity contribution in [3.63, 3.8) is 0 Å². The lowest BCUT2D eigenvalue weighted by atomic mass is 9.82. The van der Waals surface area contributed by atoms with Crippen molar-refractivity contribution in [1.82, 2.24) is 9.97 Å². The van der Waals surface area contributed by atoms with Gasteiger partial charge < -0.3 is 0 Å². The van der Waals surface area contributed by atoms with Gasteiger partial charge in [0.05, 0.1) is 11.4 Å². The van der Waals surface area contributed by atoms with Crippen LogP contribution in [0.15, 0.2) is 170 Å². The number of fused-ring (bicyclic) bond motifs is 7. The van der Waals surface area contributed by atoms with Crippen molar-refractivity contribution in [2.75, 3.05) is 0 Å². The highest BCUT2D eigenvalue weighted by Gasteiger charge is 2.35. The molecule has 0 saturated carbocycles. The minimum absolute atomic E-state index is 0.112. The Hall–Kier alpha value is -6.38. The Morgan fingerprint density at radius 2 is 1.00 bits per heavy atom. The summed E-state index contributed by atoms with van der Waals surface area (Å²) >= 11 is 0. The predicted molar refractivity (Wildman–Crippen MR) is 214 cm³/mol. The van der Waals surface area contributed by atoms with Crippen LogP contribution in [0.4, 0.5) is 0 Å². The summed E-state index contributed by atoms with van der Waals surface area (Å²) in [6, 6.07) is 61.2. The highest BCUT2D eigenvalue weighted by Crippen LogP contribution is 2.50. The first-order chi connectivity index (χ1) is 25.1. The fourth-order valence-electron chi connectivity index (χ4n) is 8.43. The topological polar surface area (TPSA) is 25.8 Å². The lowest BCUT2D eigenvalue weighted by Gasteiger charge is -2.22. The Bertz CT molecular complexity index is 2810. The van der Waals surface area contributed by atoms with Gasteiger partial charge in [0, 0.05) is 27.5 Å². The van der Waals surface area contributed by atoms with E-state index in [2.05, 4.69) is 178 Å². The summed E-state index contributed by atoms with van der Waals surface area (Å²) in [5.41, 5.74) is 12.7. The number of benzene rings is 8. The smallest absolute Gasteiger partial charge is 0.160 e. The van der Waals surface area contributed by atoms with E-state index in [1.54, 1.807) is 0 Å². The zero-order valence-corrected chi connectivity index (χ0v) is 28.6. The van der Waals surface area contributed by atoms with Crippen LogP contribution in [0, 0.1) is 0 Å². The van der Waals surface area contributed by atoms with Gasteiger partial charge in [0.25, 0.3) is 0 Å². The first-order valence-electron chi connectivity index (χ1n) is 17.7. The molecule has 240 valence electrons. The van der Waals surface area contributed by atoms with Gasteiger partial charge in [-0.25, -0.2) is 9.97 Å². The maximum atomic E-state index is 5.43. The molecule has 10 rings (SSSR count). The average Bonchev–Trinajstić information content (AvgIpc) is 3.42. The predicted octanol–water partition coefficient (Wildman–Crippen LogP) is 12.9. The van der Waals surface area contributed by atoms with Gasteiger partial charge in [0.1, 0.15) is 0 Å². The van der Waals surface area contributed by atoms with Gasteiger partial charge in [-0.05, 0) is 72.4 Å². The van der Waals surface area contributed by atoms with Gasteiger partial charge in [-0.2, -0.15) is 0 Å². The van der Waals surface area contributed by atoms with Gasteiger partial charge >= 0.3 is 0 Å². The largest absolute Gasteiger partial charge is 0.228 e. The Labute approximate surface area is 297 Å². The molecule has 0 saturated heterocycles. The second kappa shape index (κ2) is 11.3. The van der Waals surface area contributed by atoms with Crippen molar-refractivity contribution in [3.05, 3.63) is 181 Å². The molecule has 2 nitrogen and oxygen atoms in total. The zero-order chi connectivity index (χ0) is 34.1. The third-order valence-corrected chi connectivity index (χ3v) is 10.9. The van der Waals surface area contributed by atoms with Gasteiger partial charge in [0.2, 0.25) is 0 Å². The van der Waals surface area contributed by atoms with Gasteiger partial charge in [0.15, 0.2) is 5.82 Å². The Kier molecular flexibility index (Phi) is 6.56. The second-order valence-electron chi connectivity index (χ2n) is 14.1. The summed E-state index contributed by atoms with van der Waals surface area (Å²) in [6.45, 7) is 4.67. The molecule has 9 aromatic rings. The third-order valence-electron chi connectivity index (χ3n) is 10.9. The minimum atomic E-state index is -0.112. The fraction of sp³-hybridized carbons (Fsp3) is 0.0612. The van der Waals surface area contributed by atoms with Gasteiger partial charge in [-0.15, -0.1) is 0 Å². The van der Waals surface area contributed by atoms with Crippen molar-refractivity contribution in [3.8, 4) is 56.2 Å². The molecule has 0 N–H and O–H groups in total. The molecule has 1 heterocycles. The Morgan fingerprint density at radius 3 is 1.78 bits per heavy atom. The number of hydrogen-bond acceptors (Lipinski definition) is 2. The van der Waals surface area contributed by atoms with Crippen molar-refractivity contribution in [1.29, 1.82) is 0 Å². The van der Waals surface area contributed by atoms with E-state index in [1.165, 1.54) is 65.7 Å². The van der Waals surface area contributed by atoms with Crippen molar-refractivity contribution >= 4 is 32.3 Å². The van der Waals surface area contributed by atoms with Crippen molar-refractivity contribution in [2.24, 2.45) is 0 Å². The summed E-state index contributed by atoms with van der Waals surface area (Å²) in [7, 11) is 0. The van der Waals surface area contributed by atoms with Crippen LogP contribution in [0.5, 0.6) is 0 Å². The standard InChI is InChI=1S/C49H34N2/c1-49(2)41-24-14-13-21-36(41)37-27-26-34(29-42(37)49)43-30-44(51-48(50-43)33-18-7-4-8-19-33)47-39-23-12-11-22-38(39)45(32-16-5-3-6-17-32)40-28-25-31-15-9-10-20-35(31)46(40)47/h3-30H,1-2H3. The third kappa shape index (κ3) is 4.57. The fourth-order valence-corrected chi connectivity index (χ4v) is 8.43. The number of hydrogen-bond donors (Lipinski definition) is 0. The molecule has 0 aliphatic heterocycles. The molecule has 1 aromatic heterocycles. The van der Waals surface area contributed by atoms with Crippen molar-refractivity contribution in [2.45, 2.75) is 19.3 Å². The van der Waals surface area contributed by atoms with Crippen molar-refractivity contribution < 1.29 is 0 Å². The van der Waals surface area contributed by atoms with Crippen LogP contribution in [0.1, 0.15) is 25.0 Å². The van der Waals surface area contributed by atoms with Crippen LogP contribution in [0.2, 0.25) is 0 Å². The lowest BCUT2D eigenvalue weighted by molar-refractivity contribution is 0.660. The maximum Gasteiger partial charge on any atom is 0.160 e. The van der Waals surface area contributed by atoms with Crippen LogP contribution in [-0.4, -0.2) is 9.97 Å². The van der Waals surface area contributed by atoms with Gasteiger partial charge in [-0.3, -0.25) is 0 Å². The van der Waals surface area contributed by atoms with E-state index in [1.807, 2.05) is 6.07 Å². The summed E-state index contributed by atoms with van der Waals surface area (Å²) in [5.74, 6) is 0.718. The monoisotopic (exact) mass is 650 g/mol. The van der Waals surface area contributed by atoms with E-state index in [0.717, 1.165) is 33.9 Å². The second-order valence-corrected chi connectivity index (χ2v) is 14.1. The van der Waals surface area contributed by atoms with Crippen LogP contribution >= 0.6 is 0 Å². The van der Waals surface area contributed by atoms with E-state index < -0.39 is 0 Å². The SMILES string of the molecule is CC1(C)c2ccccc2-c2ccc(-c3cc(-c4c5ccccc5c(-c5ccccc5)c5ccc6ccccc6c45)nc(-c4ccccc4)n3)cc21. The lowest BCUT2D eigenvalue weighted by Crippen LogP contribution is -2.14. The molecule has 1 aliphatic rings. The number of nitrogens with zero attached hydrogens (tertiary/aromatic N) is 2. The number of rotatable bonds is 4. The molecule has 1 aliphatic carbocycles. The first kappa shape index (κ1) is 29.5. The summed E-state index contributed by atoms with van der Waals surface area (Å²) in [6.07, 6.45) is 0. The maximum absolute atomic E-state index is 5.43. The zero-order valence-electron chi connectivity index (χ0n) is 28.6. The van der Waals surface area contributed by atoms with E-state index in [9.17, 15) is 0 Å². The average molecular weight is 651 g/mol. The molecule has 0 radical (unpaired) electrons. The highest BCUT2D eigenvalue weighted by molar-refractivity contribution is 6.27. The van der Waals surface area contributed by atoms with Crippen LogP contribution in [-0.2, 0) is 5.41 Å². The summed E-state index contributed by atoms with van der Waals surface area (Å²) in [5, 5.41) is 7.23. The van der Waals surface area contributed by atoms with E-state index in [-0.39, 0.29) is 5.41 Å². The van der Waals surface area contributed by atoms with E-state index in [0.29, 0.717) is 0 Å². The summed E-state index contributed by atoms with van der Waals surface area (Å²) < 4.78 is 0. The van der Waals surface area contributed by atoms with Gasteiger partial charge in [-0.1, -0.05) is 172 Å². The van der Waals surface area contributed by atoms with E-state index >= 15 is 0 Å². The number of aromatic nitrogens is 2. The molecule has 0 unspecified atom stereocenters. The molecule has 0 amide bonds. The van der Waals surface area contributed by atoms with Crippen LogP contribution in [0.25, 0.3) is 88.5 Å². The quantitative estimate of drug-likeness (QED) is 0.140. The van der Waals surface area contributed by atoms with Crippen LogP contribution < -0.4 is 0 Å². The first-order valence-corrected chi connectivity index (χ1v) is 17.7. The molecular formula is C49H34N2. The normalized spacial score (nSPS) is 13.1. The molecule has 8 aromatic carbocycles. The molecule has 0 atom stereocenters. The Balaban J connectivity index is 1.31.